The highest BCUT2D eigenvalue weighted by Crippen LogP contribution is 2.12. The van der Waals surface area contributed by atoms with Crippen molar-refractivity contribution in [3.8, 4) is 0 Å². The number of furan rings is 1. The summed E-state index contributed by atoms with van der Waals surface area (Å²) in [5, 5.41) is 11.2. The monoisotopic (exact) mass is 333 g/mol. The van der Waals surface area contributed by atoms with E-state index < -0.39 is 0 Å². The van der Waals surface area contributed by atoms with Gasteiger partial charge in [0.2, 0.25) is 0 Å². The molecule has 124 valence electrons. The summed E-state index contributed by atoms with van der Waals surface area (Å²) >= 11 is 0. The number of nitrogens with zero attached hydrogens (tertiary/aromatic N) is 4. The van der Waals surface area contributed by atoms with Gasteiger partial charge in [-0.1, -0.05) is 6.07 Å². The predicted octanol–water partition coefficient (Wildman–Crippen LogP) is 2.24. The average molecular weight is 333 g/mol. The average Bonchev–Trinajstić information content (AvgIpc) is 3.31. The molecule has 4 rings (SSSR count). The zero-order valence-corrected chi connectivity index (χ0v) is 13.3. The Balaban J connectivity index is 1.54. The molecule has 25 heavy (non-hydrogen) atoms. The van der Waals surface area contributed by atoms with Gasteiger partial charge < -0.3 is 9.73 Å². The second kappa shape index (κ2) is 6.56. The Hall–Kier alpha value is -3.48. The maximum Gasteiger partial charge on any atom is 0.253 e. The highest BCUT2D eigenvalue weighted by molar-refractivity contribution is 5.94. The van der Waals surface area contributed by atoms with Gasteiger partial charge in [-0.2, -0.15) is 0 Å². The molecule has 0 radical (unpaired) electrons. The second-order valence-corrected chi connectivity index (χ2v) is 5.56. The summed E-state index contributed by atoms with van der Waals surface area (Å²) in [5.41, 5.74) is 2.17. The topological polar surface area (TPSA) is 85.3 Å². The van der Waals surface area contributed by atoms with E-state index >= 15 is 0 Å². The van der Waals surface area contributed by atoms with E-state index in [1.54, 1.807) is 37.0 Å². The van der Waals surface area contributed by atoms with Crippen LogP contribution in [0.5, 0.6) is 0 Å². The molecule has 0 spiro atoms. The Morgan fingerprint density at radius 1 is 1.16 bits per heavy atom. The van der Waals surface area contributed by atoms with E-state index in [4.69, 9.17) is 4.42 Å². The van der Waals surface area contributed by atoms with Crippen LogP contribution in [0.2, 0.25) is 0 Å². The number of amides is 1. The first-order valence-corrected chi connectivity index (χ1v) is 7.83. The molecule has 1 N–H and O–H groups in total. The summed E-state index contributed by atoms with van der Waals surface area (Å²) in [6.45, 7) is 0.423. The van der Waals surface area contributed by atoms with E-state index in [1.807, 2.05) is 28.7 Å². The van der Waals surface area contributed by atoms with E-state index in [0.29, 0.717) is 30.0 Å². The minimum atomic E-state index is -0.164. The molecule has 0 aromatic carbocycles. The Bertz CT molecular complexity index is 993. The van der Waals surface area contributed by atoms with Crippen LogP contribution in [0.1, 0.15) is 27.5 Å². The summed E-state index contributed by atoms with van der Waals surface area (Å²) in [7, 11) is 0. The SMILES string of the molecule is O=C(NCc1cccnc1)c1ccc2nnc(Cc3ccco3)n2c1. The number of hydrogen-bond donors (Lipinski definition) is 1. The van der Waals surface area contributed by atoms with Crippen molar-refractivity contribution >= 4 is 11.6 Å². The molecule has 0 unspecified atom stereocenters. The molecule has 0 aliphatic carbocycles. The van der Waals surface area contributed by atoms with Crippen LogP contribution in [0, 0.1) is 0 Å². The van der Waals surface area contributed by atoms with E-state index in [1.165, 1.54) is 0 Å². The molecule has 0 bridgehead atoms. The minimum absolute atomic E-state index is 0.164. The summed E-state index contributed by atoms with van der Waals surface area (Å²) < 4.78 is 7.16. The molecular formula is C18H15N5O2. The van der Waals surface area contributed by atoms with Gasteiger partial charge in [0.15, 0.2) is 5.65 Å². The molecule has 1 amide bonds. The first kappa shape index (κ1) is 15.1. The fourth-order valence-electron chi connectivity index (χ4n) is 2.55. The van der Waals surface area contributed by atoms with Crippen LogP contribution in [0.25, 0.3) is 5.65 Å². The number of carbonyl (C=O) groups is 1. The van der Waals surface area contributed by atoms with E-state index in [9.17, 15) is 4.79 Å². The molecule has 7 nitrogen and oxygen atoms in total. The quantitative estimate of drug-likeness (QED) is 0.605. The van der Waals surface area contributed by atoms with Crippen LogP contribution < -0.4 is 5.32 Å². The summed E-state index contributed by atoms with van der Waals surface area (Å²) in [4.78, 5) is 16.4. The molecule has 0 aliphatic heterocycles. The van der Waals surface area contributed by atoms with Crippen LogP contribution in [0.3, 0.4) is 0 Å². The number of hydrogen-bond acceptors (Lipinski definition) is 5. The number of nitrogens with one attached hydrogen (secondary N) is 1. The molecule has 4 aromatic rings. The molecule has 0 saturated carbocycles. The number of rotatable bonds is 5. The van der Waals surface area contributed by atoms with Crippen molar-refractivity contribution in [1.82, 2.24) is 24.9 Å². The van der Waals surface area contributed by atoms with Crippen molar-refractivity contribution in [2.24, 2.45) is 0 Å². The fraction of sp³-hybridized carbons (Fsp3) is 0.111. The van der Waals surface area contributed by atoms with Crippen molar-refractivity contribution in [1.29, 1.82) is 0 Å². The zero-order chi connectivity index (χ0) is 17.1. The maximum atomic E-state index is 12.4. The third-order valence-corrected chi connectivity index (χ3v) is 3.82. The van der Waals surface area contributed by atoms with Gasteiger partial charge in [0.1, 0.15) is 11.6 Å². The minimum Gasteiger partial charge on any atom is -0.469 e. The van der Waals surface area contributed by atoms with Crippen molar-refractivity contribution in [3.63, 3.8) is 0 Å². The van der Waals surface area contributed by atoms with Gasteiger partial charge in [0.25, 0.3) is 5.91 Å². The van der Waals surface area contributed by atoms with Gasteiger partial charge in [0.05, 0.1) is 18.2 Å². The van der Waals surface area contributed by atoms with Gasteiger partial charge in [-0.15, -0.1) is 10.2 Å². The molecule has 0 aliphatic rings. The molecule has 0 atom stereocenters. The van der Waals surface area contributed by atoms with Crippen LogP contribution in [0.15, 0.2) is 65.7 Å². The van der Waals surface area contributed by atoms with Crippen molar-refractivity contribution < 1.29 is 9.21 Å². The largest absolute Gasteiger partial charge is 0.469 e. The molecule has 4 heterocycles. The third-order valence-electron chi connectivity index (χ3n) is 3.82. The third kappa shape index (κ3) is 3.25. The van der Waals surface area contributed by atoms with Gasteiger partial charge in [-0.3, -0.25) is 14.2 Å². The van der Waals surface area contributed by atoms with E-state index in [-0.39, 0.29) is 5.91 Å². The predicted molar refractivity (Wildman–Crippen MR) is 89.9 cm³/mol. The number of pyridine rings is 2. The van der Waals surface area contributed by atoms with Gasteiger partial charge in [-0.25, -0.2) is 0 Å². The van der Waals surface area contributed by atoms with Gasteiger partial charge in [0, 0.05) is 25.1 Å². The first-order chi connectivity index (χ1) is 12.3. The van der Waals surface area contributed by atoms with Crippen LogP contribution in [0.4, 0.5) is 0 Å². The highest BCUT2D eigenvalue weighted by atomic mass is 16.3. The molecule has 0 saturated heterocycles. The molecular weight excluding hydrogens is 318 g/mol. The molecule has 7 heteroatoms. The lowest BCUT2D eigenvalue weighted by Gasteiger charge is -2.06. The van der Waals surface area contributed by atoms with Gasteiger partial charge >= 0.3 is 0 Å². The molecule has 4 aromatic heterocycles. The summed E-state index contributed by atoms with van der Waals surface area (Å²) in [6.07, 6.45) is 7.30. The van der Waals surface area contributed by atoms with Crippen LogP contribution in [-0.2, 0) is 13.0 Å². The lowest BCUT2D eigenvalue weighted by atomic mass is 10.2. The smallest absolute Gasteiger partial charge is 0.253 e. The van der Waals surface area contributed by atoms with Crippen LogP contribution in [-0.4, -0.2) is 25.5 Å². The van der Waals surface area contributed by atoms with E-state index in [2.05, 4.69) is 20.5 Å². The van der Waals surface area contributed by atoms with Crippen LogP contribution >= 0.6 is 0 Å². The zero-order valence-electron chi connectivity index (χ0n) is 13.3. The normalized spacial score (nSPS) is 10.9. The number of carbonyl (C=O) groups excluding carboxylic acids is 1. The first-order valence-electron chi connectivity index (χ1n) is 7.83. The number of fused-ring (bicyclic) bond motifs is 1. The Kier molecular flexibility index (Phi) is 3.96. The Labute approximate surface area is 143 Å². The standard InChI is InChI=1S/C18H15N5O2/c24-18(20-11-13-3-1-7-19-10-13)14-5-6-16-21-22-17(23(16)12-14)9-15-4-2-8-25-15/h1-8,10,12H,9,11H2,(H,20,24). The lowest BCUT2D eigenvalue weighted by molar-refractivity contribution is 0.0950. The maximum absolute atomic E-state index is 12.4. The number of aromatic nitrogens is 4. The summed E-state index contributed by atoms with van der Waals surface area (Å²) in [5.74, 6) is 1.34. The fourth-order valence-corrected chi connectivity index (χ4v) is 2.55. The Morgan fingerprint density at radius 2 is 2.12 bits per heavy atom. The van der Waals surface area contributed by atoms with Crippen molar-refractivity contribution in [2.45, 2.75) is 13.0 Å². The lowest BCUT2D eigenvalue weighted by Crippen LogP contribution is -2.23. The second-order valence-electron chi connectivity index (χ2n) is 5.56. The summed E-state index contributed by atoms with van der Waals surface area (Å²) in [6, 6.07) is 11.0. The van der Waals surface area contributed by atoms with Crippen molar-refractivity contribution in [2.75, 3.05) is 0 Å². The highest BCUT2D eigenvalue weighted by Gasteiger charge is 2.12. The molecule has 0 fully saturated rings. The van der Waals surface area contributed by atoms with Gasteiger partial charge in [-0.05, 0) is 35.9 Å². The Morgan fingerprint density at radius 3 is 2.92 bits per heavy atom. The van der Waals surface area contributed by atoms with E-state index in [0.717, 1.165) is 11.3 Å². The van der Waals surface area contributed by atoms with Crippen molar-refractivity contribution in [3.05, 3.63) is 84.0 Å².